The minimum absolute atomic E-state index is 0.176. The molecule has 0 aliphatic heterocycles. The van der Waals surface area contributed by atoms with E-state index in [2.05, 4.69) is 4.98 Å². The van der Waals surface area contributed by atoms with Crippen LogP contribution in [0.15, 0.2) is 46.2 Å². The second kappa shape index (κ2) is 8.67. The fourth-order valence-corrected chi connectivity index (χ4v) is 4.89. The molecule has 0 bridgehead atoms. The number of halogens is 1. The lowest BCUT2D eigenvalue weighted by Crippen LogP contribution is -2.38. The molecule has 4 aromatic heterocycles. The predicted molar refractivity (Wildman–Crippen MR) is 143 cm³/mol. The van der Waals surface area contributed by atoms with E-state index in [1.807, 2.05) is 62.1 Å². The van der Waals surface area contributed by atoms with Gasteiger partial charge in [-0.15, -0.1) is 0 Å². The van der Waals surface area contributed by atoms with Gasteiger partial charge in [-0.05, 0) is 42.7 Å². The maximum absolute atomic E-state index is 13.5. The molecular formula is C26H28ClN7O2. The molecular weight excluding hydrogens is 478 g/mol. The molecule has 0 unspecified atom stereocenters. The summed E-state index contributed by atoms with van der Waals surface area (Å²) < 4.78 is 6.41. The average molecular weight is 506 g/mol. The highest BCUT2D eigenvalue weighted by Crippen LogP contribution is 2.30. The number of hydrogen-bond acceptors (Lipinski definition) is 4. The first-order chi connectivity index (χ1) is 17.1. The number of fused-ring (bicyclic) bond motifs is 2. The fourth-order valence-electron chi connectivity index (χ4n) is 4.71. The third-order valence-electron chi connectivity index (χ3n) is 6.50. The number of aromatic amines is 1. The Hall–Kier alpha value is -3.85. The van der Waals surface area contributed by atoms with Crippen molar-refractivity contribution in [3.8, 4) is 11.4 Å². The summed E-state index contributed by atoms with van der Waals surface area (Å²) in [7, 11) is 3.38. The van der Waals surface area contributed by atoms with Crippen molar-refractivity contribution in [1.29, 1.82) is 5.41 Å². The van der Waals surface area contributed by atoms with Crippen LogP contribution >= 0.6 is 11.6 Å². The van der Waals surface area contributed by atoms with Crippen LogP contribution in [0.25, 0.3) is 33.3 Å². The molecule has 0 saturated carbocycles. The van der Waals surface area contributed by atoms with Gasteiger partial charge in [-0.2, -0.15) is 5.10 Å². The van der Waals surface area contributed by atoms with E-state index >= 15 is 0 Å². The summed E-state index contributed by atoms with van der Waals surface area (Å²) in [5.41, 5.74) is 3.99. The number of hydrogen-bond donors (Lipinski definition) is 2. The van der Waals surface area contributed by atoms with Gasteiger partial charge in [0.1, 0.15) is 11.1 Å². The Labute approximate surface area is 212 Å². The number of rotatable bonds is 6. The minimum atomic E-state index is -0.396. The van der Waals surface area contributed by atoms with Crippen LogP contribution in [-0.4, -0.2) is 34.2 Å². The van der Waals surface area contributed by atoms with Crippen LogP contribution in [0.5, 0.6) is 0 Å². The average Bonchev–Trinajstić information content (AvgIpc) is 3.50. The van der Waals surface area contributed by atoms with Gasteiger partial charge in [0.05, 0.1) is 12.2 Å². The molecule has 9 nitrogen and oxygen atoms in total. The summed E-state index contributed by atoms with van der Waals surface area (Å²) in [6.45, 7) is 6.55. The lowest BCUT2D eigenvalue weighted by molar-refractivity contribution is 0.498. The SMILES string of the molecule is CC(=N)c1cc(-c2c3c(=O)n(C)c(=O)n(CC(C)C)c3nn2Cc2c[nH]c3ccc(Cl)cc23)n(C)c1. The standard InChI is InChI=1S/C26H28ClN7O2/c1-14(2)11-33-24-22(25(35)32(5)26(33)36)23(21-8-16(15(3)28)12-31(21)4)34(30-24)13-17-10-29-20-7-6-18(27)9-19(17)20/h6-10,12,14,28-29H,11,13H2,1-5H3. The molecule has 4 heterocycles. The van der Waals surface area contributed by atoms with Crippen molar-refractivity contribution in [2.24, 2.45) is 20.0 Å². The first-order valence-corrected chi connectivity index (χ1v) is 12.1. The van der Waals surface area contributed by atoms with Gasteiger partial charge >= 0.3 is 5.69 Å². The zero-order chi connectivity index (χ0) is 25.9. The third-order valence-corrected chi connectivity index (χ3v) is 6.74. The van der Waals surface area contributed by atoms with Crippen molar-refractivity contribution < 1.29 is 0 Å². The second-order valence-corrected chi connectivity index (χ2v) is 10.1. The smallest absolute Gasteiger partial charge is 0.332 e. The maximum Gasteiger partial charge on any atom is 0.332 e. The fraction of sp³-hybridized carbons (Fsp3) is 0.308. The highest BCUT2D eigenvalue weighted by atomic mass is 35.5. The minimum Gasteiger partial charge on any atom is -0.361 e. The molecule has 1 aromatic carbocycles. The Kier molecular flexibility index (Phi) is 5.75. The van der Waals surface area contributed by atoms with Crippen LogP contribution in [0.2, 0.25) is 5.02 Å². The molecule has 10 heteroatoms. The lowest BCUT2D eigenvalue weighted by Gasteiger charge is -2.11. The summed E-state index contributed by atoms with van der Waals surface area (Å²) in [6.07, 6.45) is 3.77. The highest BCUT2D eigenvalue weighted by Gasteiger charge is 2.25. The predicted octanol–water partition coefficient (Wildman–Crippen LogP) is 4.13. The number of aryl methyl sites for hydroxylation is 1. The molecule has 186 valence electrons. The molecule has 0 atom stereocenters. The number of H-pyrrole nitrogens is 1. The first-order valence-electron chi connectivity index (χ1n) is 11.7. The first kappa shape index (κ1) is 23.9. The quantitative estimate of drug-likeness (QED) is 0.339. The van der Waals surface area contributed by atoms with Gasteiger partial charge in [0, 0.05) is 60.2 Å². The van der Waals surface area contributed by atoms with Crippen molar-refractivity contribution in [3.05, 3.63) is 73.6 Å². The topological polar surface area (TPSA) is 106 Å². The summed E-state index contributed by atoms with van der Waals surface area (Å²) in [6, 6.07) is 7.54. The van der Waals surface area contributed by atoms with Gasteiger partial charge in [0.2, 0.25) is 0 Å². The summed E-state index contributed by atoms with van der Waals surface area (Å²) in [5, 5.41) is 14.9. The molecule has 0 radical (unpaired) electrons. The maximum atomic E-state index is 13.5. The monoisotopic (exact) mass is 505 g/mol. The summed E-state index contributed by atoms with van der Waals surface area (Å²) in [5.74, 6) is 0.176. The lowest BCUT2D eigenvalue weighted by atomic mass is 10.1. The van der Waals surface area contributed by atoms with Crippen LogP contribution in [0.1, 0.15) is 31.9 Å². The zero-order valence-electron chi connectivity index (χ0n) is 20.9. The molecule has 0 amide bonds. The van der Waals surface area contributed by atoms with Crippen LogP contribution in [-0.2, 0) is 27.2 Å². The van der Waals surface area contributed by atoms with Crippen LogP contribution in [0, 0.1) is 11.3 Å². The van der Waals surface area contributed by atoms with Gasteiger partial charge in [0.25, 0.3) is 5.56 Å². The molecule has 0 aliphatic carbocycles. The largest absolute Gasteiger partial charge is 0.361 e. The molecule has 0 aliphatic rings. The van der Waals surface area contributed by atoms with Crippen LogP contribution in [0.3, 0.4) is 0 Å². The number of benzene rings is 1. The van der Waals surface area contributed by atoms with E-state index < -0.39 is 5.56 Å². The van der Waals surface area contributed by atoms with E-state index in [1.165, 1.54) is 7.05 Å². The molecule has 0 saturated heterocycles. The zero-order valence-corrected chi connectivity index (χ0v) is 21.6. The van der Waals surface area contributed by atoms with Gasteiger partial charge in [-0.3, -0.25) is 18.6 Å². The van der Waals surface area contributed by atoms with E-state index in [9.17, 15) is 9.59 Å². The Morgan fingerprint density at radius 1 is 1.19 bits per heavy atom. The van der Waals surface area contributed by atoms with E-state index in [4.69, 9.17) is 22.1 Å². The van der Waals surface area contributed by atoms with E-state index in [-0.39, 0.29) is 11.6 Å². The van der Waals surface area contributed by atoms with Crippen molar-refractivity contribution in [1.82, 2.24) is 28.5 Å². The number of nitrogens with zero attached hydrogens (tertiary/aromatic N) is 5. The molecule has 2 N–H and O–H groups in total. The highest BCUT2D eigenvalue weighted by molar-refractivity contribution is 6.31. The molecule has 36 heavy (non-hydrogen) atoms. The van der Waals surface area contributed by atoms with Crippen molar-refractivity contribution in [3.63, 3.8) is 0 Å². The number of nitrogens with one attached hydrogen (secondary N) is 2. The van der Waals surface area contributed by atoms with E-state index in [0.717, 1.165) is 32.3 Å². The van der Waals surface area contributed by atoms with Crippen LogP contribution < -0.4 is 11.2 Å². The van der Waals surface area contributed by atoms with Gasteiger partial charge in [0.15, 0.2) is 5.65 Å². The van der Waals surface area contributed by atoms with E-state index in [0.29, 0.717) is 40.6 Å². The van der Waals surface area contributed by atoms with Crippen molar-refractivity contribution in [2.75, 3.05) is 0 Å². The van der Waals surface area contributed by atoms with E-state index in [1.54, 1.807) is 16.2 Å². The molecule has 0 fully saturated rings. The van der Waals surface area contributed by atoms with Crippen LogP contribution in [0.4, 0.5) is 0 Å². The Balaban J connectivity index is 1.85. The summed E-state index contributed by atoms with van der Waals surface area (Å²) >= 11 is 6.28. The van der Waals surface area contributed by atoms with Gasteiger partial charge < -0.3 is 15.0 Å². The van der Waals surface area contributed by atoms with Gasteiger partial charge in [-0.25, -0.2) is 4.79 Å². The molecule has 5 rings (SSSR count). The Bertz CT molecular complexity index is 1780. The summed E-state index contributed by atoms with van der Waals surface area (Å²) in [4.78, 5) is 29.9. The molecule has 5 aromatic rings. The van der Waals surface area contributed by atoms with Crippen molar-refractivity contribution >= 4 is 39.2 Å². The van der Waals surface area contributed by atoms with Crippen molar-refractivity contribution in [2.45, 2.75) is 33.9 Å². The Morgan fingerprint density at radius 2 is 1.94 bits per heavy atom. The second-order valence-electron chi connectivity index (χ2n) is 9.71. The normalized spacial score (nSPS) is 11.9. The van der Waals surface area contributed by atoms with Gasteiger partial charge in [-0.1, -0.05) is 25.4 Å². The number of aromatic nitrogens is 6. The Morgan fingerprint density at radius 3 is 2.61 bits per heavy atom. The third kappa shape index (κ3) is 3.80. The molecule has 0 spiro atoms.